The van der Waals surface area contributed by atoms with E-state index in [1.165, 1.54) is 6.92 Å². The van der Waals surface area contributed by atoms with Gasteiger partial charge in [-0.15, -0.1) is 0 Å². The molecule has 0 aliphatic carbocycles. The summed E-state index contributed by atoms with van der Waals surface area (Å²) in [6.07, 6.45) is -5.53. The van der Waals surface area contributed by atoms with Crippen LogP contribution in [0.2, 0.25) is 5.02 Å². The van der Waals surface area contributed by atoms with Gasteiger partial charge in [0.05, 0.1) is 16.7 Å². The van der Waals surface area contributed by atoms with E-state index in [1.807, 2.05) is 4.72 Å². The highest BCUT2D eigenvalue weighted by atomic mass is 35.5. The Morgan fingerprint density at radius 1 is 1.40 bits per heavy atom. The number of hydrogen-bond donors (Lipinski definition) is 2. The maximum atomic E-state index is 12.8. The molecule has 9 heteroatoms. The van der Waals surface area contributed by atoms with Crippen molar-refractivity contribution in [1.29, 1.82) is 0 Å². The molecule has 2 N–H and O–H groups in total. The molecule has 0 aromatic heterocycles. The number of rotatable bonds is 5. The Kier molecular flexibility index (Phi) is 5.42. The minimum absolute atomic E-state index is 0.0744. The van der Waals surface area contributed by atoms with Crippen LogP contribution in [-0.4, -0.2) is 26.2 Å². The van der Waals surface area contributed by atoms with Crippen LogP contribution in [0.5, 0.6) is 0 Å². The fraction of sp³-hybridized carbons (Fsp3) is 0.455. The molecular weight excluding hydrogens is 319 g/mol. The Morgan fingerprint density at radius 3 is 2.50 bits per heavy atom. The van der Waals surface area contributed by atoms with Crippen LogP contribution in [0.15, 0.2) is 23.1 Å². The highest BCUT2D eigenvalue weighted by molar-refractivity contribution is 7.89. The summed E-state index contributed by atoms with van der Waals surface area (Å²) in [6.45, 7) is 1.24. The van der Waals surface area contributed by atoms with E-state index in [1.54, 1.807) is 0 Å². The van der Waals surface area contributed by atoms with E-state index >= 15 is 0 Å². The van der Waals surface area contributed by atoms with Crippen molar-refractivity contribution in [2.24, 2.45) is 0 Å². The minimum atomic E-state index is -4.83. The van der Waals surface area contributed by atoms with Crippen molar-refractivity contribution >= 4 is 21.6 Å². The lowest BCUT2D eigenvalue weighted by Gasteiger charge is -2.15. The highest BCUT2D eigenvalue weighted by Gasteiger charge is 2.38. The second-order valence-corrected chi connectivity index (χ2v) is 6.26. The Morgan fingerprint density at radius 2 is 2.00 bits per heavy atom. The van der Waals surface area contributed by atoms with Crippen molar-refractivity contribution in [3.8, 4) is 0 Å². The number of sulfonamides is 1. The molecule has 0 aliphatic heterocycles. The van der Waals surface area contributed by atoms with E-state index in [0.717, 1.165) is 12.1 Å². The summed E-state index contributed by atoms with van der Waals surface area (Å²) in [7, 11) is -4.41. The van der Waals surface area contributed by atoms with Gasteiger partial charge < -0.3 is 5.11 Å². The van der Waals surface area contributed by atoms with E-state index in [2.05, 4.69) is 0 Å². The number of hydrogen-bond acceptors (Lipinski definition) is 3. The molecule has 0 spiro atoms. The quantitative estimate of drug-likeness (QED) is 0.870. The number of alkyl halides is 3. The van der Waals surface area contributed by atoms with Gasteiger partial charge in [-0.2, -0.15) is 13.2 Å². The van der Waals surface area contributed by atoms with Crippen LogP contribution in [0.1, 0.15) is 18.9 Å². The van der Waals surface area contributed by atoms with Crippen LogP contribution in [0.4, 0.5) is 13.2 Å². The lowest BCUT2D eigenvalue weighted by atomic mass is 10.2. The first-order valence-corrected chi connectivity index (χ1v) is 7.45. The molecule has 1 atom stereocenters. The number of benzene rings is 1. The zero-order chi connectivity index (χ0) is 15.6. The highest BCUT2D eigenvalue weighted by Crippen LogP contribution is 2.37. The molecule has 1 unspecified atom stereocenters. The maximum Gasteiger partial charge on any atom is 0.417 e. The summed E-state index contributed by atoms with van der Waals surface area (Å²) in [6, 6.07) is 2.75. The second-order valence-electron chi connectivity index (χ2n) is 4.15. The Balaban J connectivity index is 3.18. The molecule has 1 rings (SSSR count). The summed E-state index contributed by atoms with van der Waals surface area (Å²) in [5, 5.41) is 8.51. The van der Waals surface area contributed by atoms with Gasteiger partial charge in [0.2, 0.25) is 10.0 Å². The fourth-order valence-corrected chi connectivity index (χ4v) is 3.29. The van der Waals surface area contributed by atoms with Crippen LogP contribution in [0.25, 0.3) is 0 Å². The third-order valence-electron chi connectivity index (χ3n) is 2.40. The van der Waals surface area contributed by atoms with Gasteiger partial charge in [0.15, 0.2) is 0 Å². The summed E-state index contributed by atoms with van der Waals surface area (Å²) in [5.41, 5.74) is -1.32. The number of aliphatic hydroxyl groups is 1. The van der Waals surface area contributed by atoms with Crippen molar-refractivity contribution in [2.45, 2.75) is 30.5 Å². The largest absolute Gasteiger partial charge is 0.417 e. The number of halogens is 4. The third kappa shape index (κ3) is 4.34. The van der Waals surface area contributed by atoms with Crippen molar-refractivity contribution in [1.82, 2.24) is 4.72 Å². The van der Waals surface area contributed by atoms with E-state index in [0.29, 0.717) is 6.07 Å². The van der Waals surface area contributed by atoms with Crippen LogP contribution in [-0.2, 0) is 16.2 Å². The molecule has 1 aromatic rings. The van der Waals surface area contributed by atoms with Gasteiger partial charge in [0.25, 0.3) is 0 Å². The van der Waals surface area contributed by atoms with Crippen LogP contribution in [0, 0.1) is 0 Å². The molecule has 0 radical (unpaired) electrons. The van der Waals surface area contributed by atoms with E-state index in [4.69, 9.17) is 16.7 Å². The number of aliphatic hydroxyl groups excluding tert-OH is 1. The van der Waals surface area contributed by atoms with Crippen LogP contribution in [0.3, 0.4) is 0 Å². The normalized spacial score (nSPS) is 14.3. The lowest BCUT2D eigenvalue weighted by molar-refractivity contribution is -0.139. The van der Waals surface area contributed by atoms with Crippen molar-refractivity contribution in [2.75, 3.05) is 6.54 Å². The van der Waals surface area contributed by atoms with Gasteiger partial charge in [-0.25, -0.2) is 13.1 Å². The molecule has 0 fully saturated rings. The predicted octanol–water partition coefficient (Wildman–Crippen LogP) is 2.41. The Bertz CT molecular complexity index is 573. The summed E-state index contributed by atoms with van der Waals surface area (Å²) in [5.74, 6) is 0. The summed E-state index contributed by atoms with van der Waals surface area (Å²) >= 11 is 5.59. The smallest absolute Gasteiger partial charge is 0.393 e. The molecule has 0 bridgehead atoms. The minimum Gasteiger partial charge on any atom is -0.393 e. The van der Waals surface area contributed by atoms with Crippen LogP contribution >= 0.6 is 11.6 Å². The topological polar surface area (TPSA) is 66.4 Å². The first-order valence-electron chi connectivity index (χ1n) is 5.59. The lowest BCUT2D eigenvalue weighted by Crippen LogP contribution is -2.29. The number of nitrogens with one attached hydrogen (secondary N) is 1. The predicted molar refractivity (Wildman–Crippen MR) is 67.9 cm³/mol. The Hall–Kier alpha value is -0.830. The van der Waals surface area contributed by atoms with E-state index in [-0.39, 0.29) is 13.0 Å². The average molecular weight is 332 g/mol. The standard InChI is InChI=1S/C11H13ClF3NO3S/c1-7(17)5-6-16-20(18,19)10-8(11(13,14)15)3-2-4-9(10)12/h2-4,7,16-17H,5-6H2,1H3. The van der Waals surface area contributed by atoms with Crippen LogP contribution < -0.4 is 4.72 Å². The molecule has 0 saturated carbocycles. The van der Waals surface area contributed by atoms with E-state index < -0.39 is 37.8 Å². The molecule has 4 nitrogen and oxygen atoms in total. The monoisotopic (exact) mass is 331 g/mol. The van der Waals surface area contributed by atoms with Gasteiger partial charge in [-0.1, -0.05) is 17.7 Å². The SMILES string of the molecule is CC(O)CCNS(=O)(=O)c1c(Cl)cccc1C(F)(F)F. The van der Waals surface area contributed by atoms with Crippen molar-refractivity contribution < 1.29 is 26.7 Å². The van der Waals surface area contributed by atoms with Gasteiger partial charge in [-0.3, -0.25) is 0 Å². The zero-order valence-electron chi connectivity index (χ0n) is 10.4. The van der Waals surface area contributed by atoms with Gasteiger partial charge in [-0.05, 0) is 25.5 Å². The molecule has 114 valence electrons. The molecule has 0 saturated heterocycles. The third-order valence-corrected chi connectivity index (χ3v) is 4.38. The molecular formula is C11H13ClF3NO3S. The summed E-state index contributed by atoms with van der Waals surface area (Å²) < 4.78 is 64.3. The maximum absolute atomic E-state index is 12.8. The molecule has 20 heavy (non-hydrogen) atoms. The molecule has 0 heterocycles. The first kappa shape index (κ1) is 17.2. The molecule has 1 aromatic carbocycles. The van der Waals surface area contributed by atoms with Gasteiger partial charge in [0.1, 0.15) is 4.90 Å². The summed E-state index contributed by atoms with van der Waals surface area (Å²) in [4.78, 5) is -1.00. The molecule has 0 amide bonds. The van der Waals surface area contributed by atoms with Crippen molar-refractivity contribution in [3.05, 3.63) is 28.8 Å². The van der Waals surface area contributed by atoms with Gasteiger partial charge in [0, 0.05) is 6.54 Å². The Labute approximate surface area is 119 Å². The fourth-order valence-electron chi connectivity index (χ4n) is 1.48. The second kappa shape index (κ2) is 6.30. The zero-order valence-corrected chi connectivity index (χ0v) is 12.0. The van der Waals surface area contributed by atoms with E-state index in [9.17, 15) is 21.6 Å². The van der Waals surface area contributed by atoms with Crippen molar-refractivity contribution in [3.63, 3.8) is 0 Å². The average Bonchev–Trinajstić information content (AvgIpc) is 2.26. The molecule has 0 aliphatic rings. The first-order chi connectivity index (χ1) is 9.05. The van der Waals surface area contributed by atoms with Gasteiger partial charge >= 0.3 is 6.18 Å².